The zero-order valence-electron chi connectivity index (χ0n) is 13.3. The fourth-order valence-corrected chi connectivity index (χ4v) is 2.62. The number of hydrogen-bond acceptors (Lipinski definition) is 2. The Balaban J connectivity index is 0.00000242. The first-order valence-electron chi connectivity index (χ1n) is 7.66. The maximum atomic E-state index is 5.98. The van der Waals surface area contributed by atoms with E-state index >= 15 is 0 Å². The van der Waals surface area contributed by atoms with Crippen LogP contribution in [0, 0.1) is 0 Å². The third-order valence-corrected chi connectivity index (χ3v) is 3.97. The fraction of sp³-hybridized carbons (Fsp3) is 0.562. The van der Waals surface area contributed by atoms with Gasteiger partial charge >= 0.3 is 0 Å². The summed E-state index contributed by atoms with van der Waals surface area (Å²) in [6, 6.07) is 8.68. The molecule has 6 heteroatoms. The zero-order valence-corrected chi connectivity index (χ0v) is 16.4. The summed E-state index contributed by atoms with van der Waals surface area (Å²) in [6.07, 6.45) is 2.71. The lowest BCUT2D eigenvalue weighted by atomic mass is 10.2. The maximum absolute atomic E-state index is 5.98. The second-order valence-electron chi connectivity index (χ2n) is 5.34. The van der Waals surface area contributed by atoms with Gasteiger partial charge in [-0.3, -0.25) is 9.89 Å². The van der Waals surface area contributed by atoms with Crippen LogP contribution >= 0.6 is 35.6 Å². The molecule has 0 aromatic heterocycles. The van der Waals surface area contributed by atoms with E-state index in [1.165, 1.54) is 12.8 Å². The van der Waals surface area contributed by atoms with Gasteiger partial charge < -0.3 is 10.6 Å². The molecule has 0 radical (unpaired) electrons. The third-order valence-electron chi connectivity index (χ3n) is 3.73. The first kappa shape index (κ1) is 19.5. The fourth-order valence-electron chi connectivity index (χ4n) is 2.41. The molecule has 0 amide bonds. The third kappa shape index (κ3) is 6.71. The molecular formula is C16H26ClIN4. The van der Waals surface area contributed by atoms with E-state index < -0.39 is 0 Å². The summed E-state index contributed by atoms with van der Waals surface area (Å²) in [5, 5.41) is 7.44. The first-order valence-corrected chi connectivity index (χ1v) is 8.03. The lowest BCUT2D eigenvalue weighted by Gasteiger charge is -2.20. The van der Waals surface area contributed by atoms with Crippen molar-refractivity contribution in [1.82, 2.24) is 15.5 Å². The van der Waals surface area contributed by atoms with Crippen LogP contribution in [0.4, 0.5) is 0 Å². The summed E-state index contributed by atoms with van der Waals surface area (Å²) >= 11 is 5.98. The highest BCUT2D eigenvalue weighted by atomic mass is 127. The van der Waals surface area contributed by atoms with Crippen molar-refractivity contribution >= 4 is 41.5 Å². The first-order chi connectivity index (χ1) is 10.2. The van der Waals surface area contributed by atoms with E-state index in [-0.39, 0.29) is 24.0 Å². The average molecular weight is 437 g/mol. The smallest absolute Gasteiger partial charge is 0.191 e. The topological polar surface area (TPSA) is 39.7 Å². The Morgan fingerprint density at radius 3 is 2.73 bits per heavy atom. The van der Waals surface area contributed by atoms with Crippen molar-refractivity contribution in [2.45, 2.75) is 32.4 Å². The minimum absolute atomic E-state index is 0. The van der Waals surface area contributed by atoms with Crippen molar-refractivity contribution in [2.75, 3.05) is 26.7 Å². The number of nitrogens with zero attached hydrogens (tertiary/aromatic N) is 2. The van der Waals surface area contributed by atoms with Gasteiger partial charge in [0.2, 0.25) is 0 Å². The van der Waals surface area contributed by atoms with Crippen LogP contribution in [0.5, 0.6) is 0 Å². The van der Waals surface area contributed by atoms with Gasteiger partial charge in [0, 0.05) is 37.7 Å². The van der Waals surface area contributed by atoms with Crippen molar-refractivity contribution in [3.8, 4) is 0 Å². The van der Waals surface area contributed by atoms with Crippen LogP contribution in [0.25, 0.3) is 0 Å². The summed E-state index contributed by atoms with van der Waals surface area (Å²) < 4.78 is 0. The minimum atomic E-state index is 0. The van der Waals surface area contributed by atoms with Gasteiger partial charge in [-0.05, 0) is 37.1 Å². The lowest BCUT2D eigenvalue weighted by molar-refractivity contribution is 0.282. The van der Waals surface area contributed by atoms with E-state index in [0.717, 1.165) is 48.8 Å². The van der Waals surface area contributed by atoms with Crippen LogP contribution in [-0.4, -0.2) is 43.6 Å². The molecule has 1 fully saturated rings. The molecule has 1 aliphatic carbocycles. The van der Waals surface area contributed by atoms with Crippen LogP contribution in [0.3, 0.4) is 0 Å². The molecule has 124 valence electrons. The number of guanidine groups is 1. The summed E-state index contributed by atoms with van der Waals surface area (Å²) in [5.74, 6) is 0.835. The number of halogens is 2. The van der Waals surface area contributed by atoms with E-state index in [9.17, 15) is 0 Å². The molecule has 1 saturated carbocycles. The molecule has 0 aliphatic heterocycles. The monoisotopic (exact) mass is 436 g/mol. The second-order valence-corrected chi connectivity index (χ2v) is 5.78. The van der Waals surface area contributed by atoms with Gasteiger partial charge in [0.25, 0.3) is 0 Å². The lowest BCUT2D eigenvalue weighted by Crippen LogP contribution is -2.41. The highest BCUT2D eigenvalue weighted by Gasteiger charge is 2.27. The van der Waals surface area contributed by atoms with Crippen molar-refractivity contribution < 1.29 is 0 Å². The van der Waals surface area contributed by atoms with Crippen molar-refractivity contribution in [2.24, 2.45) is 4.99 Å². The highest BCUT2D eigenvalue weighted by Crippen LogP contribution is 2.25. The van der Waals surface area contributed by atoms with Crippen LogP contribution in [0.2, 0.25) is 5.02 Å². The molecule has 0 bridgehead atoms. The van der Waals surface area contributed by atoms with Gasteiger partial charge in [0.1, 0.15) is 0 Å². The highest BCUT2D eigenvalue weighted by molar-refractivity contribution is 14.0. The largest absolute Gasteiger partial charge is 0.355 e. The summed E-state index contributed by atoms with van der Waals surface area (Å²) in [5.41, 5.74) is 1.15. The Morgan fingerprint density at radius 1 is 1.36 bits per heavy atom. The Labute approximate surface area is 155 Å². The maximum Gasteiger partial charge on any atom is 0.191 e. The standard InChI is InChI=1S/C16H25ClN4.HI/c1-3-21(15-7-8-15)10-9-19-16(18-2)20-12-13-5-4-6-14(17)11-13;/h4-6,11,15H,3,7-10,12H2,1-2H3,(H2,18,19,20);1H. The second kappa shape index (κ2) is 10.3. The summed E-state index contributed by atoms with van der Waals surface area (Å²) in [6.45, 7) is 6.06. The molecule has 1 aromatic rings. The van der Waals surface area contributed by atoms with Gasteiger partial charge in [-0.15, -0.1) is 24.0 Å². The van der Waals surface area contributed by atoms with E-state index in [2.05, 4.69) is 33.5 Å². The Bertz CT molecular complexity index is 477. The molecule has 1 aliphatic rings. The molecule has 0 atom stereocenters. The molecule has 2 N–H and O–H groups in total. The molecule has 0 saturated heterocycles. The molecule has 0 unspecified atom stereocenters. The molecule has 4 nitrogen and oxygen atoms in total. The molecule has 0 heterocycles. The number of aliphatic imine (C=N–C) groups is 1. The van der Waals surface area contributed by atoms with E-state index in [1.54, 1.807) is 7.05 Å². The Kier molecular flexibility index (Phi) is 9.12. The molecule has 2 rings (SSSR count). The van der Waals surface area contributed by atoms with Gasteiger partial charge in [-0.25, -0.2) is 0 Å². The van der Waals surface area contributed by atoms with Gasteiger partial charge in [0.05, 0.1) is 0 Å². The van der Waals surface area contributed by atoms with Gasteiger partial charge in [-0.2, -0.15) is 0 Å². The molecule has 0 spiro atoms. The number of rotatable bonds is 7. The molecule has 1 aromatic carbocycles. The average Bonchev–Trinajstić information content (AvgIpc) is 3.31. The number of likely N-dealkylation sites (N-methyl/N-ethyl adjacent to an activating group) is 1. The van der Waals surface area contributed by atoms with Crippen LogP contribution in [0.1, 0.15) is 25.3 Å². The minimum Gasteiger partial charge on any atom is -0.355 e. The molecule has 22 heavy (non-hydrogen) atoms. The zero-order chi connectivity index (χ0) is 15.1. The van der Waals surface area contributed by atoms with E-state index in [4.69, 9.17) is 11.6 Å². The number of benzene rings is 1. The van der Waals surface area contributed by atoms with Gasteiger partial charge in [0.15, 0.2) is 5.96 Å². The predicted molar refractivity (Wildman–Crippen MR) is 105 cm³/mol. The normalized spacial score (nSPS) is 14.6. The quantitative estimate of drug-likeness (QED) is 0.392. The Hall–Kier alpha value is -0.530. The summed E-state index contributed by atoms with van der Waals surface area (Å²) in [4.78, 5) is 6.78. The SMILES string of the molecule is CCN(CCNC(=NC)NCc1cccc(Cl)c1)C1CC1.I. The number of hydrogen-bond donors (Lipinski definition) is 2. The van der Waals surface area contributed by atoms with Crippen LogP contribution in [-0.2, 0) is 6.54 Å². The van der Waals surface area contributed by atoms with E-state index in [0.29, 0.717) is 0 Å². The van der Waals surface area contributed by atoms with Crippen molar-refractivity contribution in [1.29, 1.82) is 0 Å². The van der Waals surface area contributed by atoms with Crippen molar-refractivity contribution in [3.05, 3.63) is 34.9 Å². The van der Waals surface area contributed by atoms with Crippen LogP contribution < -0.4 is 10.6 Å². The Morgan fingerprint density at radius 2 is 2.14 bits per heavy atom. The van der Waals surface area contributed by atoms with Crippen LogP contribution in [0.15, 0.2) is 29.3 Å². The summed E-state index contributed by atoms with van der Waals surface area (Å²) in [7, 11) is 1.80. The van der Waals surface area contributed by atoms with Crippen molar-refractivity contribution in [3.63, 3.8) is 0 Å². The van der Waals surface area contributed by atoms with E-state index in [1.807, 2.05) is 18.2 Å². The predicted octanol–water partition coefficient (Wildman–Crippen LogP) is 3.11. The number of nitrogens with one attached hydrogen (secondary N) is 2. The van der Waals surface area contributed by atoms with Gasteiger partial charge in [-0.1, -0.05) is 30.7 Å². The molecular weight excluding hydrogens is 411 g/mol.